The van der Waals surface area contributed by atoms with Crippen LogP contribution in [0.5, 0.6) is 0 Å². The highest BCUT2D eigenvalue weighted by Gasteiger charge is 2.40. The Labute approximate surface area is 164 Å². The molecule has 2 aromatic rings. The quantitative estimate of drug-likeness (QED) is 0.751. The minimum atomic E-state index is -0.702. The van der Waals surface area contributed by atoms with Gasteiger partial charge in [0.2, 0.25) is 11.8 Å². The number of aryl methyl sites for hydroxylation is 1. The number of hydrogen-bond donors (Lipinski definition) is 2. The Balaban J connectivity index is 1.53. The molecule has 0 bridgehead atoms. The van der Waals surface area contributed by atoms with E-state index in [9.17, 15) is 19.2 Å². The third kappa shape index (κ3) is 3.29. The van der Waals surface area contributed by atoms with E-state index >= 15 is 0 Å². The summed E-state index contributed by atoms with van der Waals surface area (Å²) in [5.74, 6) is -1.39. The van der Waals surface area contributed by atoms with Gasteiger partial charge in [0.25, 0.3) is 11.8 Å². The number of carbonyl (C=O) groups is 4. The number of aromatic nitrogens is 1. The van der Waals surface area contributed by atoms with Crippen LogP contribution in [0.3, 0.4) is 0 Å². The highest BCUT2D eigenvalue weighted by atomic mass is 32.1. The Morgan fingerprint density at radius 3 is 2.89 bits per heavy atom. The average Bonchev–Trinajstić information content (AvgIpc) is 3.23. The molecule has 1 aromatic carbocycles. The van der Waals surface area contributed by atoms with Gasteiger partial charge in [-0.25, -0.2) is 4.98 Å². The molecule has 0 aliphatic carbocycles. The fourth-order valence-corrected chi connectivity index (χ4v) is 4.24. The summed E-state index contributed by atoms with van der Waals surface area (Å²) in [6, 6.07) is 4.28. The number of carbonyl (C=O) groups excluding carboxylic acids is 4. The van der Waals surface area contributed by atoms with E-state index in [1.54, 1.807) is 18.2 Å². The van der Waals surface area contributed by atoms with Gasteiger partial charge in [-0.1, -0.05) is 6.07 Å². The van der Waals surface area contributed by atoms with Crippen molar-refractivity contribution in [2.45, 2.75) is 38.9 Å². The van der Waals surface area contributed by atoms with Crippen molar-refractivity contribution in [2.75, 3.05) is 0 Å². The number of rotatable bonds is 4. The van der Waals surface area contributed by atoms with Crippen LogP contribution in [-0.4, -0.2) is 39.6 Å². The van der Waals surface area contributed by atoms with Crippen molar-refractivity contribution in [3.8, 4) is 0 Å². The van der Waals surface area contributed by atoms with Crippen LogP contribution in [0.15, 0.2) is 23.6 Å². The summed E-state index contributed by atoms with van der Waals surface area (Å²) >= 11 is 1.47. The number of thiazole rings is 1. The van der Waals surface area contributed by atoms with Gasteiger partial charge < -0.3 is 10.2 Å². The molecule has 0 saturated carbocycles. The molecule has 3 heterocycles. The first-order chi connectivity index (χ1) is 13.4. The van der Waals surface area contributed by atoms with Crippen LogP contribution < -0.4 is 10.6 Å². The van der Waals surface area contributed by atoms with Crippen molar-refractivity contribution in [2.24, 2.45) is 0 Å². The molecule has 4 amide bonds. The SMILES string of the molecule is Cc1csc(CNC(=O)c2cccc3c2CN(C2CCC(=O)NC2=O)C3=O)n1. The summed E-state index contributed by atoms with van der Waals surface area (Å²) in [5.41, 5.74) is 2.33. The van der Waals surface area contributed by atoms with Crippen LogP contribution in [0.4, 0.5) is 0 Å². The zero-order valence-corrected chi connectivity index (χ0v) is 16.0. The maximum absolute atomic E-state index is 12.8. The largest absolute Gasteiger partial charge is 0.346 e. The molecular formula is C19H18N4O4S. The van der Waals surface area contributed by atoms with Crippen molar-refractivity contribution in [1.29, 1.82) is 0 Å². The van der Waals surface area contributed by atoms with Gasteiger partial charge in [0.15, 0.2) is 0 Å². The van der Waals surface area contributed by atoms with Crippen LogP contribution in [0, 0.1) is 6.92 Å². The Kier molecular flexibility index (Phi) is 4.68. The van der Waals surface area contributed by atoms with Crippen molar-refractivity contribution >= 4 is 35.0 Å². The van der Waals surface area contributed by atoms with Crippen molar-refractivity contribution in [3.63, 3.8) is 0 Å². The standard InChI is InChI=1S/C19H18N4O4S/c1-10-9-28-16(21-10)7-20-17(25)11-3-2-4-12-13(11)8-23(19(12)27)14-5-6-15(24)22-18(14)26/h2-4,9,14H,5-8H2,1H3,(H,20,25)(H,22,24,26). The molecule has 144 valence electrons. The summed E-state index contributed by atoms with van der Waals surface area (Å²) < 4.78 is 0. The van der Waals surface area contributed by atoms with E-state index in [2.05, 4.69) is 15.6 Å². The molecular weight excluding hydrogens is 380 g/mol. The topological polar surface area (TPSA) is 108 Å². The zero-order chi connectivity index (χ0) is 19.8. The monoisotopic (exact) mass is 398 g/mol. The van der Waals surface area contributed by atoms with E-state index in [0.717, 1.165) is 10.7 Å². The van der Waals surface area contributed by atoms with Gasteiger partial charge in [-0.2, -0.15) is 0 Å². The smallest absolute Gasteiger partial charge is 0.255 e. The molecule has 4 rings (SSSR count). The molecule has 8 nitrogen and oxygen atoms in total. The fourth-order valence-electron chi connectivity index (χ4n) is 3.53. The number of fused-ring (bicyclic) bond motifs is 1. The fraction of sp³-hybridized carbons (Fsp3) is 0.316. The second-order valence-electron chi connectivity index (χ2n) is 6.80. The summed E-state index contributed by atoms with van der Waals surface area (Å²) in [4.78, 5) is 54.8. The number of nitrogens with one attached hydrogen (secondary N) is 2. The van der Waals surface area contributed by atoms with Gasteiger partial charge in [0.1, 0.15) is 11.0 Å². The summed E-state index contributed by atoms with van der Waals surface area (Å²) in [5, 5.41) is 7.83. The van der Waals surface area contributed by atoms with E-state index < -0.39 is 11.9 Å². The van der Waals surface area contributed by atoms with E-state index in [4.69, 9.17) is 0 Å². The minimum Gasteiger partial charge on any atom is -0.346 e. The van der Waals surface area contributed by atoms with Crippen LogP contribution in [-0.2, 0) is 22.7 Å². The summed E-state index contributed by atoms with van der Waals surface area (Å²) in [7, 11) is 0. The average molecular weight is 398 g/mol. The predicted octanol–water partition coefficient (Wildman–Crippen LogP) is 1.14. The Morgan fingerprint density at radius 1 is 1.36 bits per heavy atom. The summed E-state index contributed by atoms with van der Waals surface area (Å²) in [6.07, 6.45) is 0.479. The highest BCUT2D eigenvalue weighted by Crippen LogP contribution is 2.29. The molecule has 0 spiro atoms. The molecule has 2 aliphatic rings. The number of benzene rings is 1. The van der Waals surface area contributed by atoms with Crippen LogP contribution in [0.2, 0.25) is 0 Å². The van der Waals surface area contributed by atoms with E-state index in [-0.39, 0.29) is 37.1 Å². The van der Waals surface area contributed by atoms with Gasteiger partial charge in [0, 0.05) is 35.2 Å². The Hall–Kier alpha value is -3.07. The molecule has 1 saturated heterocycles. The number of hydrogen-bond acceptors (Lipinski definition) is 6. The van der Waals surface area contributed by atoms with Gasteiger partial charge in [-0.15, -0.1) is 11.3 Å². The Bertz CT molecular complexity index is 1000. The number of piperidine rings is 1. The molecule has 1 fully saturated rings. The first kappa shape index (κ1) is 18.3. The van der Waals surface area contributed by atoms with Crippen LogP contribution >= 0.6 is 11.3 Å². The molecule has 28 heavy (non-hydrogen) atoms. The lowest BCUT2D eigenvalue weighted by molar-refractivity contribution is -0.136. The van der Waals surface area contributed by atoms with E-state index in [1.165, 1.54) is 16.2 Å². The molecule has 9 heteroatoms. The van der Waals surface area contributed by atoms with Gasteiger partial charge in [0.05, 0.1) is 6.54 Å². The van der Waals surface area contributed by atoms with E-state index in [0.29, 0.717) is 23.2 Å². The van der Waals surface area contributed by atoms with E-state index in [1.807, 2.05) is 12.3 Å². The third-order valence-corrected chi connectivity index (χ3v) is 5.86. The third-order valence-electron chi connectivity index (χ3n) is 4.89. The lowest BCUT2D eigenvalue weighted by Gasteiger charge is -2.29. The molecule has 2 aliphatic heterocycles. The first-order valence-corrected chi connectivity index (χ1v) is 9.78. The highest BCUT2D eigenvalue weighted by molar-refractivity contribution is 7.09. The molecule has 2 N–H and O–H groups in total. The lowest BCUT2D eigenvalue weighted by Crippen LogP contribution is -2.52. The normalized spacial score (nSPS) is 18.8. The molecule has 1 unspecified atom stereocenters. The van der Waals surface area contributed by atoms with Crippen molar-refractivity contribution < 1.29 is 19.2 Å². The lowest BCUT2D eigenvalue weighted by atomic mass is 10.0. The van der Waals surface area contributed by atoms with Crippen molar-refractivity contribution in [1.82, 2.24) is 20.5 Å². The molecule has 0 radical (unpaired) electrons. The second-order valence-corrected chi connectivity index (χ2v) is 7.74. The Morgan fingerprint density at radius 2 is 2.18 bits per heavy atom. The zero-order valence-electron chi connectivity index (χ0n) is 15.2. The summed E-state index contributed by atoms with van der Waals surface area (Å²) in [6.45, 7) is 2.37. The van der Waals surface area contributed by atoms with Gasteiger partial charge in [-0.05, 0) is 31.0 Å². The maximum atomic E-state index is 12.8. The first-order valence-electron chi connectivity index (χ1n) is 8.90. The number of amides is 4. The number of nitrogens with zero attached hydrogens (tertiary/aromatic N) is 2. The van der Waals surface area contributed by atoms with Gasteiger partial charge >= 0.3 is 0 Å². The van der Waals surface area contributed by atoms with Crippen LogP contribution in [0.25, 0.3) is 0 Å². The minimum absolute atomic E-state index is 0.167. The van der Waals surface area contributed by atoms with Gasteiger partial charge in [-0.3, -0.25) is 24.5 Å². The van der Waals surface area contributed by atoms with Crippen molar-refractivity contribution in [3.05, 3.63) is 51.0 Å². The second kappa shape index (κ2) is 7.16. The number of imide groups is 1. The molecule has 1 aromatic heterocycles. The maximum Gasteiger partial charge on any atom is 0.255 e. The predicted molar refractivity (Wildman–Crippen MR) is 101 cm³/mol. The van der Waals surface area contributed by atoms with Crippen LogP contribution in [0.1, 0.15) is 49.8 Å². The molecule has 1 atom stereocenters.